The van der Waals surface area contributed by atoms with Gasteiger partial charge in [-0.25, -0.2) is 0 Å². The lowest BCUT2D eigenvalue weighted by Gasteiger charge is -2.19. The summed E-state index contributed by atoms with van der Waals surface area (Å²) >= 11 is 5.92. The second kappa shape index (κ2) is 3.38. The molecule has 74 valence electrons. The lowest BCUT2D eigenvalue weighted by atomic mass is 10.2. The van der Waals surface area contributed by atoms with Gasteiger partial charge in [0.05, 0.1) is 12.1 Å². The Hall–Kier alpha value is -1.42. The van der Waals surface area contributed by atoms with Crippen molar-refractivity contribution in [2.75, 3.05) is 19.0 Å². The van der Waals surface area contributed by atoms with E-state index >= 15 is 0 Å². The molecule has 2 rings (SSSR count). The Morgan fingerprint density at radius 1 is 1.57 bits per heavy atom. The van der Waals surface area contributed by atoms with Gasteiger partial charge in [-0.15, -0.1) is 0 Å². The molecule has 1 N–H and O–H groups in total. The molecule has 1 aromatic rings. The Labute approximate surface area is 85.8 Å². The topological polar surface area (TPSA) is 47.6 Å². The van der Waals surface area contributed by atoms with Crippen LogP contribution in [0.4, 0.5) is 5.69 Å². The number of fused-ring (bicyclic) bond motifs is 1. The second-order valence-electron chi connectivity index (χ2n) is 2.82. The molecular weight excluding hydrogens is 206 g/mol. The van der Waals surface area contributed by atoms with E-state index < -0.39 is 0 Å². The zero-order chi connectivity index (χ0) is 10.1. The Morgan fingerprint density at radius 3 is 3.07 bits per heavy atom. The first-order chi connectivity index (χ1) is 6.70. The molecule has 14 heavy (non-hydrogen) atoms. The lowest BCUT2D eigenvalue weighted by Crippen LogP contribution is -2.25. The van der Waals surface area contributed by atoms with E-state index in [1.807, 2.05) is 0 Å². The van der Waals surface area contributed by atoms with E-state index in [9.17, 15) is 4.79 Å². The predicted molar refractivity (Wildman–Crippen MR) is 52.1 cm³/mol. The molecule has 0 aliphatic carbocycles. The Balaban J connectivity index is 2.48. The zero-order valence-corrected chi connectivity index (χ0v) is 8.22. The summed E-state index contributed by atoms with van der Waals surface area (Å²) in [7, 11) is 1.54. The van der Waals surface area contributed by atoms with Crippen molar-refractivity contribution in [1.82, 2.24) is 0 Å². The third-order valence-electron chi connectivity index (χ3n) is 1.89. The SMILES string of the molecule is COc1cc(Cl)c2c(c1)OCC(=O)N2. The van der Waals surface area contributed by atoms with Crippen molar-refractivity contribution in [3.63, 3.8) is 0 Å². The van der Waals surface area contributed by atoms with E-state index in [0.717, 1.165) is 0 Å². The monoisotopic (exact) mass is 213 g/mol. The average Bonchev–Trinajstić information content (AvgIpc) is 2.19. The van der Waals surface area contributed by atoms with Gasteiger partial charge < -0.3 is 14.8 Å². The minimum absolute atomic E-state index is 0.0104. The number of methoxy groups -OCH3 is 1. The van der Waals surface area contributed by atoms with Gasteiger partial charge in [-0.2, -0.15) is 0 Å². The summed E-state index contributed by atoms with van der Waals surface area (Å²) in [6.45, 7) is 0.0104. The molecule has 0 aromatic heterocycles. The maximum Gasteiger partial charge on any atom is 0.262 e. The molecule has 1 aliphatic rings. The number of carbonyl (C=O) groups is 1. The number of hydrogen-bond acceptors (Lipinski definition) is 3. The maximum atomic E-state index is 11.0. The van der Waals surface area contributed by atoms with Crippen LogP contribution in [0.15, 0.2) is 12.1 Å². The van der Waals surface area contributed by atoms with Crippen LogP contribution in [0, 0.1) is 0 Å². The quantitative estimate of drug-likeness (QED) is 0.772. The number of halogens is 1. The van der Waals surface area contributed by atoms with Crippen LogP contribution in [0.2, 0.25) is 5.02 Å². The van der Waals surface area contributed by atoms with Crippen LogP contribution in [0.5, 0.6) is 11.5 Å². The van der Waals surface area contributed by atoms with Crippen molar-refractivity contribution in [1.29, 1.82) is 0 Å². The molecule has 0 saturated heterocycles. The highest BCUT2D eigenvalue weighted by atomic mass is 35.5. The lowest BCUT2D eigenvalue weighted by molar-refractivity contribution is -0.118. The summed E-state index contributed by atoms with van der Waals surface area (Å²) in [6.07, 6.45) is 0. The summed E-state index contributed by atoms with van der Waals surface area (Å²) in [4.78, 5) is 11.0. The number of carbonyl (C=O) groups excluding carboxylic acids is 1. The van der Waals surface area contributed by atoms with Crippen LogP contribution >= 0.6 is 11.6 Å². The van der Waals surface area contributed by atoms with Crippen molar-refractivity contribution >= 4 is 23.2 Å². The number of amides is 1. The fourth-order valence-electron chi connectivity index (χ4n) is 1.23. The van der Waals surface area contributed by atoms with Gasteiger partial charge in [0.2, 0.25) is 0 Å². The Bertz CT molecular complexity index is 392. The third-order valence-corrected chi connectivity index (χ3v) is 2.18. The molecule has 5 heteroatoms. The highest BCUT2D eigenvalue weighted by Crippen LogP contribution is 2.38. The Morgan fingerprint density at radius 2 is 2.36 bits per heavy atom. The molecule has 0 saturated carbocycles. The molecule has 4 nitrogen and oxygen atoms in total. The first-order valence-electron chi connectivity index (χ1n) is 4.01. The van der Waals surface area contributed by atoms with E-state index in [1.54, 1.807) is 19.2 Å². The molecule has 1 amide bonds. The number of anilines is 1. The maximum absolute atomic E-state index is 11.0. The van der Waals surface area contributed by atoms with Crippen molar-refractivity contribution in [2.24, 2.45) is 0 Å². The molecule has 1 aliphatic heterocycles. The Kier molecular flexibility index (Phi) is 2.21. The molecule has 0 bridgehead atoms. The van der Waals surface area contributed by atoms with Crippen molar-refractivity contribution in [3.8, 4) is 11.5 Å². The van der Waals surface area contributed by atoms with Gasteiger partial charge in [-0.1, -0.05) is 11.6 Å². The number of hydrogen-bond donors (Lipinski definition) is 1. The molecule has 0 radical (unpaired) electrons. The first-order valence-corrected chi connectivity index (χ1v) is 4.38. The highest BCUT2D eigenvalue weighted by Gasteiger charge is 2.19. The second-order valence-corrected chi connectivity index (χ2v) is 3.23. The van der Waals surface area contributed by atoms with Crippen LogP contribution in [-0.4, -0.2) is 19.6 Å². The van der Waals surface area contributed by atoms with Crippen molar-refractivity contribution in [2.45, 2.75) is 0 Å². The van der Waals surface area contributed by atoms with E-state index in [4.69, 9.17) is 21.1 Å². The molecule has 0 unspecified atom stereocenters. The summed E-state index contributed by atoms with van der Waals surface area (Å²) in [5.41, 5.74) is 0.503. The van der Waals surface area contributed by atoms with Gasteiger partial charge in [0, 0.05) is 12.1 Å². The van der Waals surface area contributed by atoms with Gasteiger partial charge in [0.1, 0.15) is 17.2 Å². The van der Waals surface area contributed by atoms with Gasteiger partial charge in [-0.3, -0.25) is 4.79 Å². The van der Waals surface area contributed by atoms with Crippen LogP contribution in [0.1, 0.15) is 0 Å². The number of benzene rings is 1. The van der Waals surface area contributed by atoms with Crippen LogP contribution < -0.4 is 14.8 Å². The molecule has 0 fully saturated rings. The predicted octanol–water partition coefficient (Wildman–Crippen LogP) is 1.68. The minimum atomic E-state index is -0.204. The van der Waals surface area contributed by atoms with Crippen LogP contribution in [0.3, 0.4) is 0 Å². The molecule has 0 spiro atoms. The molecule has 1 aromatic carbocycles. The average molecular weight is 214 g/mol. The summed E-state index contributed by atoms with van der Waals surface area (Å²) in [6, 6.07) is 3.30. The minimum Gasteiger partial charge on any atom is -0.497 e. The molecular formula is C9H8ClNO3. The van der Waals surface area contributed by atoms with Gasteiger partial charge in [-0.05, 0) is 0 Å². The van der Waals surface area contributed by atoms with Crippen molar-refractivity contribution < 1.29 is 14.3 Å². The normalized spacial score (nSPS) is 14.0. The summed E-state index contributed by atoms with van der Waals surface area (Å²) in [5.74, 6) is 0.934. The molecule has 0 atom stereocenters. The van der Waals surface area contributed by atoms with E-state index in [0.29, 0.717) is 22.2 Å². The van der Waals surface area contributed by atoms with Crippen LogP contribution in [0.25, 0.3) is 0 Å². The zero-order valence-electron chi connectivity index (χ0n) is 7.46. The smallest absolute Gasteiger partial charge is 0.262 e. The van der Waals surface area contributed by atoms with E-state index in [1.165, 1.54) is 0 Å². The standard InChI is InChI=1S/C9H8ClNO3/c1-13-5-2-6(10)9-7(3-5)14-4-8(12)11-9/h2-3H,4H2,1H3,(H,11,12). The van der Waals surface area contributed by atoms with E-state index in [-0.39, 0.29) is 12.5 Å². The van der Waals surface area contributed by atoms with E-state index in [2.05, 4.69) is 5.32 Å². The fourth-order valence-corrected chi connectivity index (χ4v) is 1.48. The fraction of sp³-hybridized carbons (Fsp3) is 0.222. The van der Waals surface area contributed by atoms with Crippen molar-refractivity contribution in [3.05, 3.63) is 17.2 Å². The summed E-state index contributed by atoms with van der Waals surface area (Å²) < 4.78 is 10.2. The van der Waals surface area contributed by atoms with Gasteiger partial charge in [0.15, 0.2) is 6.61 Å². The number of rotatable bonds is 1. The first kappa shape index (κ1) is 9.15. The molecule has 1 heterocycles. The van der Waals surface area contributed by atoms with Gasteiger partial charge in [0.25, 0.3) is 5.91 Å². The number of ether oxygens (including phenoxy) is 2. The highest BCUT2D eigenvalue weighted by molar-refractivity contribution is 6.34. The van der Waals surface area contributed by atoms with Gasteiger partial charge >= 0.3 is 0 Å². The number of nitrogens with one attached hydrogen (secondary N) is 1. The van der Waals surface area contributed by atoms with Crippen LogP contribution in [-0.2, 0) is 4.79 Å². The largest absolute Gasteiger partial charge is 0.497 e. The third kappa shape index (κ3) is 1.48. The summed E-state index contributed by atoms with van der Waals surface area (Å²) in [5, 5.41) is 3.04.